The van der Waals surface area contributed by atoms with Crippen LogP contribution in [0.4, 0.5) is 13.2 Å². The van der Waals surface area contributed by atoms with Crippen LogP contribution in [0.25, 0.3) is 0 Å². The molecule has 0 amide bonds. The van der Waals surface area contributed by atoms with Crippen molar-refractivity contribution in [2.45, 2.75) is 19.0 Å². The molecule has 0 rings (SSSR count). The minimum Gasteiger partial charge on any atom is -0.383 e. The van der Waals surface area contributed by atoms with Gasteiger partial charge in [0, 0.05) is 32.5 Å². The second-order valence-electron chi connectivity index (χ2n) is 3.62. The van der Waals surface area contributed by atoms with Crippen molar-refractivity contribution in [2.24, 2.45) is 0 Å². The molecule has 0 unspecified atom stereocenters. The third-order valence-corrected chi connectivity index (χ3v) is 4.26. The Kier molecular flexibility index (Phi) is 8.16. The van der Waals surface area contributed by atoms with Gasteiger partial charge in [-0.15, -0.1) is 11.6 Å². The quantitative estimate of drug-likeness (QED) is 0.611. The summed E-state index contributed by atoms with van der Waals surface area (Å²) in [6, 6.07) is 0. The molecule has 4 nitrogen and oxygen atoms in total. The van der Waals surface area contributed by atoms with Crippen molar-refractivity contribution in [3.8, 4) is 0 Å². The van der Waals surface area contributed by atoms with Crippen LogP contribution in [0.1, 0.15) is 12.8 Å². The van der Waals surface area contributed by atoms with Crippen LogP contribution < -0.4 is 0 Å². The summed E-state index contributed by atoms with van der Waals surface area (Å²) in [7, 11) is -2.30. The Labute approximate surface area is 110 Å². The highest BCUT2D eigenvalue weighted by Gasteiger charge is 2.29. The molecule has 0 saturated carbocycles. The van der Waals surface area contributed by atoms with Gasteiger partial charge >= 0.3 is 6.18 Å². The Balaban J connectivity index is 4.36. The van der Waals surface area contributed by atoms with Gasteiger partial charge in [-0.05, 0) is 6.42 Å². The Morgan fingerprint density at radius 2 is 1.89 bits per heavy atom. The van der Waals surface area contributed by atoms with Gasteiger partial charge in [0.15, 0.2) is 0 Å². The van der Waals surface area contributed by atoms with E-state index in [-0.39, 0.29) is 25.6 Å². The van der Waals surface area contributed by atoms with Crippen molar-refractivity contribution in [3.05, 3.63) is 0 Å². The molecule has 0 aromatic heterocycles. The maximum absolute atomic E-state index is 11.9. The first-order valence-electron chi connectivity index (χ1n) is 5.32. The topological polar surface area (TPSA) is 46.6 Å². The van der Waals surface area contributed by atoms with E-state index in [2.05, 4.69) is 0 Å². The molecule has 0 bridgehead atoms. The smallest absolute Gasteiger partial charge is 0.383 e. The Morgan fingerprint density at radius 3 is 2.33 bits per heavy atom. The van der Waals surface area contributed by atoms with E-state index in [0.29, 0.717) is 0 Å². The first-order chi connectivity index (χ1) is 8.23. The van der Waals surface area contributed by atoms with Gasteiger partial charge in [-0.1, -0.05) is 0 Å². The molecular formula is C9H17ClF3NO3S. The highest BCUT2D eigenvalue weighted by Crippen LogP contribution is 2.22. The van der Waals surface area contributed by atoms with Crippen LogP contribution in [0.2, 0.25) is 0 Å². The summed E-state index contributed by atoms with van der Waals surface area (Å²) in [5, 5.41) is 0. The highest BCUT2D eigenvalue weighted by molar-refractivity contribution is 7.89. The van der Waals surface area contributed by atoms with Gasteiger partial charge in [0.05, 0.1) is 12.4 Å². The third-order valence-electron chi connectivity index (χ3n) is 2.13. The predicted octanol–water partition coefficient (Wildman–Crippen LogP) is 1.85. The molecule has 0 aromatic rings. The van der Waals surface area contributed by atoms with Crippen LogP contribution in [0.15, 0.2) is 0 Å². The van der Waals surface area contributed by atoms with Crippen molar-refractivity contribution in [1.29, 1.82) is 0 Å². The van der Waals surface area contributed by atoms with Gasteiger partial charge in [-0.3, -0.25) is 0 Å². The van der Waals surface area contributed by atoms with Crippen LogP contribution >= 0.6 is 11.6 Å². The standard InChI is InChI=1S/C9H17ClF3NO3S/c1-17-7-6-14(5-4-10)18(15,16)8-2-3-9(11,12)13/h2-8H2,1H3. The minimum absolute atomic E-state index is 0.0687. The minimum atomic E-state index is -4.33. The maximum Gasteiger partial charge on any atom is 0.389 e. The number of methoxy groups -OCH3 is 1. The predicted molar refractivity (Wildman–Crippen MR) is 63.2 cm³/mol. The summed E-state index contributed by atoms with van der Waals surface area (Å²) in [4.78, 5) is 0. The molecule has 0 aliphatic rings. The van der Waals surface area contributed by atoms with Crippen molar-refractivity contribution >= 4 is 21.6 Å². The van der Waals surface area contributed by atoms with Crippen molar-refractivity contribution in [3.63, 3.8) is 0 Å². The zero-order valence-corrected chi connectivity index (χ0v) is 11.6. The lowest BCUT2D eigenvalue weighted by atomic mass is 10.3. The third kappa shape index (κ3) is 8.12. The molecule has 18 heavy (non-hydrogen) atoms. The fraction of sp³-hybridized carbons (Fsp3) is 1.00. The van der Waals surface area contributed by atoms with E-state index in [1.807, 2.05) is 0 Å². The second kappa shape index (κ2) is 8.19. The highest BCUT2D eigenvalue weighted by atomic mass is 35.5. The van der Waals surface area contributed by atoms with Gasteiger partial charge in [0.1, 0.15) is 0 Å². The molecule has 0 aliphatic carbocycles. The average molecular weight is 312 g/mol. The monoisotopic (exact) mass is 311 g/mol. The molecule has 0 saturated heterocycles. The Morgan fingerprint density at radius 1 is 1.28 bits per heavy atom. The lowest BCUT2D eigenvalue weighted by Gasteiger charge is -2.20. The van der Waals surface area contributed by atoms with Crippen molar-refractivity contribution in [1.82, 2.24) is 4.31 Å². The molecule has 0 aliphatic heterocycles. The van der Waals surface area contributed by atoms with Crippen LogP contribution in [0, 0.1) is 0 Å². The Bertz CT molecular complexity index is 322. The van der Waals surface area contributed by atoms with Gasteiger partial charge in [-0.2, -0.15) is 17.5 Å². The number of hydrogen-bond acceptors (Lipinski definition) is 3. The van der Waals surface area contributed by atoms with Crippen LogP contribution in [-0.4, -0.2) is 57.3 Å². The number of hydrogen-bond donors (Lipinski definition) is 0. The van der Waals surface area contributed by atoms with Crippen LogP contribution in [-0.2, 0) is 14.8 Å². The van der Waals surface area contributed by atoms with E-state index in [9.17, 15) is 21.6 Å². The molecule has 0 atom stereocenters. The molecule has 0 heterocycles. The van der Waals surface area contributed by atoms with Crippen molar-refractivity contribution < 1.29 is 26.3 Å². The molecule has 0 N–H and O–H groups in total. The summed E-state index contributed by atoms with van der Waals surface area (Å²) in [6.07, 6.45) is -5.89. The Hall–Kier alpha value is -0.0500. The normalized spacial score (nSPS) is 13.2. The van der Waals surface area contributed by atoms with Crippen molar-refractivity contribution in [2.75, 3.05) is 38.4 Å². The fourth-order valence-electron chi connectivity index (χ4n) is 1.26. The molecule has 0 spiro atoms. The lowest BCUT2D eigenvalue weighted by Crippen LogP contribution is -2.37. The number of ether oxygens (including phenoxy) is 1. The summed E-state index contributed by atoms with van der Waals surface area (Å²) in [5.74, 6) is -0.449. The van der Waals surface area contributed by atoms with E-state index < -0.39 is 34.8 Å². The molecule has 0 radical (unpaired) electrons. The zero-order valence-electron chi connectivity index (χ0n) is 10.0. The summed E-state index contributed by atoms with van der Waals surface area (Å²) < 4.78 is 65.1. The number of sulfonamides is 1. The number of nitrogens with zero attached hydrogens (tertiary/aromatic N) is 1. The van der Waals surface area contributed by atoms with Gasteiger partial charge < -0.3 is 4.74 Å². The van der Waals surface area contributed by atoms with Gasteiger partial charge in [0.2, 0.25) is 10.0 Å². The van der Waals surface area contributed by atoms with Gasteiger partial charge in [0.25, 0.3) is 0 Å². The first kappa shape index (κ1) is 17.9. The molecule has 9 heteroatoms. The molecule has 0 aromatic carbocycles. The van der Waals surface area contributed by atoms with E-state index in [0.717, 1.165) is 4.31 Å². The fourth-order valence-corrected chi connectivity index (χ4v) is 3.06. The SMILES string of the molecule is COCCN(CCCl)S(=O)(=O)CCCC(F)(F)F. The number of rotatable bonds is 9. The van der Waals surface area contributed by atoms with E-state index in [4.69, 9.17) is 16.3 Å². The number of halogens is 4. The van der Waals surface area contributed by atoms with E-state index in [1.54, 1.807) is 0 Å². The average Bonchev–Trinajstić information content (AvgIpc) is 2.21. The lowest BCUT2D eigenvalue weighted by molar-refractivity contribution is -0.134. The first-order valence-corrected chi connectivity index (χ1v) is 7.47. The molecule has 0 fully saturated rings. The van der Waals surface area contributed by atoms with Crippen LogP contribution in [0.5, 0.6) is 0 Å². The number of alkyl halides is 4. The van der Waals surface area contributed by atoms with Gasteiger partial charge in [-0.25, -0.2) is 8.42 Å². The van der Waals surface area contributed by atoms with Crippen LogP contribution in [0.3, 0.4) is 0 Å². The second-order valence-corrected chi connectivity index (χ2v) is 6.08. The summed E-state index contributed by atoms with van der Waals surface area (Å²) >= 11 is 5.46. The van der Waals surface area contributed by atoms with E-state index in [1.165, 1.54) is 7.11 Å². The summed E-state index contributed by atoms with van der Waals surface area (Å²) in [5.41, 5.74) is 0. The molecule has 110 valence electrons. The largest absolute Gasteiger partial charge is 0.389 e. The summed E-state index contributed by atoms with van der Waals surface area (Å²) in [6.45, 7) is 0.340. The van der Waals surface area contributed by atoms with E-state index >= 15 is 0 Å². The molecular weight excluding hydrogens is 295 g/mol. The maximum atomic E-state index is 11.9. The zero-order chi connectivity index (χ0) is 14.2.